The van der Waals surface area contributed by atoms with Gasteiger partial charge in [-0.15, -0.1) is 0 Å². The Hall–Kier alpha value is -0.930. The molecule has 2 nitrogen and oxygen atoms in total. The molecule has 20 heavy (non-hydrogen) atoms. The van der Waals surface area contributed by atoms with Gasteiger partial charge in [-0.2, -0.15) is 0 Å². The normalized spacial score (nSPS) is 18.5. The lowest BCUT2D eigenvalue weighted by Crippen LogP contribution is -2.51. The zero-order chi connectivity index (χ0) is 14.9. The number of hydrogen-bond acceptors (Lipinski definition) is 2. The zero-order valence-electron chi connectivity index (χ0n) is 13.4. The van der Waals surface area contributed by atoms with E-state index in [0.717, 1.165) is 29.8 Å². The third-order valence-electron chi connectivity index (χ3n) is 4.69. The SMILES string of the molecule is CNC(c1c(C)cc(C)cc1F)C(C)(C)N1CCCC1. The van der Waals surface area contributed by atoms with Crippen LogP contribution < -0.4 is 5.32 Å². The van der Waals surface area contributed by atoms with Gasteiger partial charge in [0.05, 0.1) is 6.04 Å². The summed E-state index contributed by atoms with van der Waals surface area (Å²) in [4.78, 5) is 2.48. The fourth-order valence-electron chi connectivity index (χ4n) is 3.62. The van der Waals surface area contributed by atoms with Crippen molar-refractivity contribution in [2.75, 3.05) is 20.1 Å². The number of nitrogens with one attached hydrogen (secondary N) is 1. The van der Waals surface area contributed by atoms with Crippen molar-refractivity contribution in [1.82, 2.24) is 10.2 Å². The molecule has 0 aromatic heterocycles. The molecule has 3 heteroatoms. The fraction of sp³-hybridized carbons (Fsp3) is 0.647. The first-order chi connectivity index (χ1) is 9.37. The van der Waals surface area contributed by atoms with Gasteiger partial charge in [0.15, 0.2) is 0 Å². The zero-order valence-corrected chi connectivity index (χ0v) is 13.4. The van der Waals surface area contributed by atoms with Crippen LogP contribution in [-0.2, 0) is 0 Å². The predicted molar refractivity (Wildman–Crippen MR) is 82.6 cm³/mol. The first kappa shape index (κ1) is 15.5. The Morgan fingerprint density at radius 1 is 1.20 bits per heavy atom. The molecule has 2 rings (SSSR count). The smallest absolute Gasteiger partial charge is 0.128 e. The number of benzene rings is 1. The molecule has 1 atom stereocenters. The van der Waals surface area contributed by atoms with Crippen molar-refractivity contribution in [1.29, 1.82) is 0 Å². The van der Waals surface area contributed by atoms with Crippen LogP contribution in [0.15, 0.2) is 12.1 Å². The molecule has 1 fully saturated rings. The van der Waals surface area contributed by atoms with Crippen molar-refractivity contribution >= 4 is 0 Å². The van der Waals surface area contributed by atoms with Gasteiger partial charge in [-0.05, 0) is 77.9 Å². The van der Waals surface area contributed by atoms with Crippen molar-refractivity contribution in [3.8, 4) is 0 Å². The fourth-order valence-corrected chi connectivity index (χ4v) is 3.62. The van der Waals surface area contributed by atoms with Gasteiger partial charge in [-0.25, -0.2) is 4.39 Å². The second-order valence-corrected chi connectivity index (χ2v) is 6.55. The Kier molecular flexibility index (Phi) is 4.50. The maximum atomic E-state index is 14.5. The average Bonchev–Trinajstić information content (AvgIpc) is 2.87. The number of aryl methyl sites for hydroxylation is 2. The van der Waals surface area contributed by atoms with Crippen LogP contribution in [0, 0.1) is 19.7 Å². The quantitative estimate of drug-likeness (QED) is 0.905. The highest BCUT2D eigenvalue weighted by Crippen LogP contribution is 2.36. The monoisotopic (exact) mass is 278 g/mol. The van der Waals surface area contributed by atoms with E-state index in [1.807, 2.05) is 20.9 Å². The third kappa shape index (κ3) is 2.75. The Labute approximate surface area is 122 Å². The molecule has 0 bridgehead atoms. The van der Waals surface area contributed by atoms with Crippen LogP contribution in [0.4, 0.5) is 4.39 Å². The van der Waals surface area contributed by atoms with E-state index in [1.54, 1.807) is 6.07 Å². The molecule has 0 saturated carbocycles. The first-order valence-electron chi connectivity index (χ1n) is 7.57. The van der Waals surface area contributed by atoms with Crippen LogP contribution in [0.5, 0.6) is 0 Å². The minimum absolute atomic E-state index is 0.00111. The molecule has 1 aliphatic rings. The van der Waals surface area contributed by atoms with E-state index in [1.165, 1.54) is 12.8 Å². The van der Waals surface area contributed by atoms with Crippen molar-refractivity contribution < 1.29 is 4.39 Å². The second-order valence-electron chi connectivity index (χ2n) is 6.55. The van der Waals surface area contributed by atoms with Gasteiger partial charge in [0.2, 0.25) is 0 Å². The summed E-state index contributed by atoms with van der Waals surface area (Å²) < 4.78 is 14.5. The molecule has 1 aromatic rings. The van der Waals surface area contributed by atoms with Gasteiger partial charge >= 0.3 is 0 Å². The van der Waals surface area contributed by atoms with Crippen molar-refractivity contribution in [2.45, 2.75) is 52.1 Å². The van der Waals surface area contributed by atoms with E-state index >= 15 is 0 Å². The van der Waals surface area contributed by atoms with Crippen molar-refractivity contribution in [3.63, 3.8) is 0 Å². The van der Waals surface area contributed by atoms with E-state index in [2.05, 4.69) is 30.1 Å². The number of likely N-dealkylation sites (tertiary alicyclic amines) is 1. The summed E-state index contributed by atoms with van der Waals surface area (Å²) in [6.45, 7) is 10.6. The molecule has 1 heterocycles. The summed E-state index contributed by atoms with van der Waals surface area (Å²) in [5, 5.41) is 3.35. The largest absolute Gasteiger partial charge is 0.311 e. The molecule has 0 radical (unpaired) electrons. The highest BCUT2D eigenvalue weighted by atomic mass is 19.1. The Morgan fingerprint density at radius 2 is 1.80 bits per heavy atom. The number of nitrogens with zero attached hydrogens (tertiary/aromatic N) is 1. The molecule has 0 spiro atoms. The van der Waals surface area contributed by atoms with E-state index in [0.29, 0.717) is 0 Å². The van der Waals surface area contributed by atoms with E-state index < -0.39 is 0 Å². The third-order valence-corrected chi connectivity index (χ3v) is 4.69. The molecule has 112 valence electrons. The van der Waals surface area contributed by atoms with Crippen LogP contribution >= 0.6 is 0 Å². The van der Waals surface area contributed by atoms with Gasteiger partial charge in [0.1, 0.15) is 5.82 Å². The topological polar surface area (TPSA) is 15.3 Å². The van der Waals surface area contributed by atoms with Crippen LogP contribution in [-0.4, -0.2) is 30.6 Å². The van der Waals surface area contributed by atoms with Crippen molar-refractivity contribution in [2.24, 2.45) is 0 Å². The molecule has 0 amide bonds. The number of hydrogen-bond donors (Lipinski definition) is 1. The number of rotatable bonds is 4. The minimum Gasteiger partial charge on any atom is -0.311 e. The predicted octanol–water partition coefficient (Wildman–Crippen LogP) is 3.58. The molecular weight excluding hydrogens is 251 g/mol. The summed E-state index contributed by atoms with van der Waals surface area (Å²) in [6, 6.07) is 3.72. The molecule has 1 aliphatic heterocycles. The lowest BCUT2D eigenvalue weighted by molar-refractivity contribution is 0.108. The standard InChI is InChI=1S/C17H27FN2/c1-12-10-13(2)15(14(18)11-12)16(19-5)17(3,4)20-8-6-7-9-20/h10-11,16,19H,6-9H2,1-5H3. The van der Waals surface area contributed by atoms with Gasteiger partial charge < -0.3 is 5.32 Å². The van der Waals surface area contributed by atoms with Crippen LogP contribution in [0.1, 0.15) is 49.4 Å². The van der Waals surface area contributed by atoms with Crippen LogP contribution in [0.2, 0.25) is 0 Å². The van der Waals surface area contributed by atoms with E-state index in [9.17, 15) is 4.39 Å². The summed E-state index contributed by atoms with van der Waals surface area (Å²) >= 11 is 0. The Balaban J connectivity index is 2.41. The molecular formula is C17H27FN2. The summed E-state index contributed by atoms with van der Waals surface area (Å²) in [5.41, 5.74) is 2.74. The number of halogens is 1. The first-order valence-corrected chi connectivity index (χ1v) is 7.57. The van der Waals surface area contributed by atoms with Gasteiger partial charge in [0.25, 0.3) is 0 Å². The molecule has 1 unspecified atom stereocenters. The molecule has 0 aliphatic carbocycles. The highest BCUT2D eigenvalue weighted by Gasteiger charge is 2.38. The summed E-state index contributed by atoms with van der Waals surface area (Å²) in [7, 11) is 1.93. The van der Waals surface area contributed by atoms with Crippen LogP contribution in [0.25, 0.3) is 0 Å². The maximum absolute atomic E-state index is 14.5. The molecule has 1 aromatic carbocycles. The lowest BCUT2D eigenvalue weighted by atomic mass is 9.84. The van der Waals surface area contributed by atoms with Gasteiger partial charge in [-0.1, -0.05) is 6.07 Å². The van der Waals surface area contributed by atoms with Crippen LogP contribution in [0.3, 0.4) is 0 Å². The minimum atomic E-state index is -0.0912. The van der Waals surface area contributed by atoms with E-state index in [4.69, 9.17) is 0 Å². The summed E-state index contributed by atoms with van der Waals surface area (Å²) in [6.07, 6.45) is 2.49. The number of likely N-dealkylation sites (N-methyl/N-ethyl adjacent to an activating group) is 1. The highest BCUT2D eigenvalue weighted by molar-refractivity contribution is 5.36. The summed E-state index contributed by atoms with van der Waals surface area (Å²) in [5.74, 6) is -0.0888. The van der Waals surface area contributed by atoms with Gasteiger partial charge in [-0.3, -0.25) is 4.90 Å². The molecule has 1 saturated heterocycles. The lowest BCUT2D eigenvalue weighted by Gasteiger charge is -2.43. The Morgan fingerprint density at radius 3 is 2.30 bits per heavy atom. The van der Waals surface area contributed by atoms with Crippen molar-refractivity contribution in [3.05, 3.63) is 34.6 Å². The van der Waals surface area contributed by atoms with E-state index in [-0.39, 0.29) is 17.4 Å². The maximum Gasteiger partial charge on any atom is 0.128 e. The average molecular weight is 278 g/mol. The second kappa shape index (κ2) is 5.82. The Bertz CT molecular complexity index is 453. The molecule has 1 N–H and O–H groups in total. The van der Waals surface area contributed by atoms with Gasteiger partial charge in [0, 0.05) is 11.1 Å².